The molecule has 0 aliphatic carbocycles. The monoisotopic (exact) mass is 339 g/mol. The van der Waals surface area contributed by atoms with Crippen LogP contribution in [-0.4, -0.2) is 19.6 Å². The predicted octanol–water partition coefficient (Wildman–Crippen LogP) is 2.59. The third-order valence-electron chi connectivity index (χ3n) is 2.99. The van der Waals surface area contributed by atoms with Crippen LogP contribution in [0.4, 0.5) is 11.4 Å². The number of hydrogen-bond donors (Lipinski definition) is 1. The van der Waals surface area contributed by atoms with Crippen LogP contribution < -0.4 is 10.9 Å². The van der Waals surface area contributed by atoms with Crippen molar-refractivity contribution in [3.05, 3.63) is 32.9 Å². The molecule has 0 fully saturated rings. The van der Waals surface area contributed by atoms with Crippen LogP contribution in [0.3, 0.4) is 0 Å². The molecule has 0 aliphatic rings. The van der Waals surface area contributed by atoms with Crippen LogP contribution in [-0.2, 0) is 13.6 Å². The largest absolute Gasteiger partial charge is 0.350 e. The molecular weight excluding hydrogens is 322 g/mol. The van der Waals surface area contributed by atoms with Crippen molar-refractivity contribution in [2.24, 2.45) is 7.05 Å². The second-order valence-corrected chi connectivity index (χ2v) is 5.47. The lowest BCUT2D eigenvalue weighted by Crippen LogP contribution is -2.24. The lowest BCUT2D eigenvalue weighted by molar-refractivity contribution is 0.541. The molecular formula is C13H18BrN5O. The molecule has 2 aromatic heterocycles. The van der Waals surface area contributed by atoms with Gasteiger partial charge in [0.2, 0.25) is 0 Å². The smallest absolute Gasteiger partial charge is 0.283 e. The zero-order valence-electron chi connectivity index (χ0n) is 11.9. The first-order valence-electron chi connectivity index (χ1n) is 6.55. The third kappa shape index (κ3) is 3.09. The van der Waals surface area contributed by atoms with E-state index >= 15 is 0 Å². The molecule has 0 bridgehead atoms. The van der Waals surface area contributed by atoms with Crippen molar-refractivity contribution in [2.45, 2.75) is 33.2 Å². The highest BCUT2D eigenvalue weighted by molar-refractivity contribution is 9.10. The Balaban J connectivity index is 2.28. The van der Waals surface area contributed by atoms with E-state index in [1.54, 1.807) is 10.9 Å². The molecule has 0 aliphatic heterocycles. The molecule has 2 aromatic rings. The van der Waals surface area contributed by atoms with Crippen LogP contribution in [0.25, 0.3) is 0 Å². The van der Waals surface area contributed by atoms with Gasteiger partial charge < -0.3 is 5.32 Å². The molecule has 2 rings (SSSR count). The second-order valence-electron chi connectivity index (χ2n) is 4.68. The summed E-state index contributed by atoms with van der Waals surface area (Å²) in [6.45, 7) is 4.63. The van der Waals surface area contributed by atoms with Crippen molar-refractivity contribution in [3.63, 3.8) is 0 Å². The minimum absolute atomic E-state index is 0.120. The van der Waals surface area contributed by atoms with E-state index in [1.165, 1.54) is 4.68 Å². The molecule has 0 saturated heterocycles. The standard InChI is InChI=1S/C13H18BrN5O/c1-4-5-6-19-13(20)12(14)10(7-15-19)16-11-8-18(3)17-9(11)2/h7-8,16H,4-6H2,1-3H3. The van der Waals surface area contributed by atoms with Crippen molar-refractivity contribution >= 4 is 27.3 Å². The van der Waals surface area contributed by atoms with Gasteiger partial charge in [0.05, 0.1) is 23.3 Å². The molecule has 0 aromatic carbocycles. The first kappa shape index (κ1) is 14.8. The second kappa shape index (κ2) is 6.21. The van der Waals surface area contributed by atoms with Crippen molar-refractivity contribution in [1.82, 2.24) is 19.6 Å². The van der Waals surface area contributed by atoms with E-state index in [-0.39, 0.29) is 5.56 Å². The highest BCUT2D eigenvalue weighted by Gasteiger charge is 2.11. The van der Waals surface area contributed by atoms with E-state index in [2.05, 4.69) is 38.4 Å². The maximum atomic E-state index is 12.2. The fraction of sp³-hybridized carbons (Fsp3) is 0.462. The fourth-order valence-corrected chi connectivity index (χ4v) is 2.29. The van der Waals surface area contributed by atoms with Gasteiger partial charge in [-0.25, -0.2) is 4.68 Å². The van der Waals surface area contributed by atoms with Crippen molar-refractivity contribution in [3.8, 4) is 0 Å². The van der Waals surface area contributed by atoms with Crippen molar-refractivity contribution in [1.29, 1.82) is 0 Å². The van der Waals surface area contributed by atoms with Gasteiger partial charge in [0, 0.05) is 19.8 Å². The van der Waals surface area contributed by atoms with Gasteiger partial charge in [0.25, 0.3) is 5.56 Å². The van der Waals surface area contributed by atoms with E-state index in [0.717, 1.165) is 24.2 Å². The van der Waals surface area contributed by atoms with Gasteiger partial charge in [-0.05, 0) is 29.3 Å². The Kier molecular flexibility index (Phi) is 4.59. The molecule has 7 heteroatoms. The normalized spacial score (nSPS) is 10.8. The number of nitrogens with zero attached hydrogens (tertiary/aromatic N) is 4. The first-order valence-corrected chi connectivity index (χ1v) is 7.35. The summed E-state index contributed by atoms with van der Waals surface area (Å²) in [4.78, 5) is 12.2. The molecule has 20 heavy (non-hydrogen) atoms. The Hall–Kier alpha value is -1.63. The number of aromatic nitrogens is 4. The number of unbranched alkanes of at least 4 members (excludes halogenated alkanes) is 1. The Bertz CT molecular complexity index is 661. The van der Waals surface area contributed by atoms with E-state index in [0.29, 0.717) is 16.7 Å². The summed E-state index contributed by atoms with van der Waals surface area (Å²) in [6, 6.07) is 0. The van der Waals surface area contributed by atoms with Gasteiger partial charge in [-0.1, -0.05) is 13.3 Å². The quantitative estimate of drug-likeness (QED) is 0.909. The van der Waals surface area contributed by atoms with Crippen LogP contribution in [0.15, 0.2) is 21.7 Å². The van der Waals surface area contributed by atoms with E-state index in [4.69, 9.17) is 0 Å². The highest BCUT2D eigenvalue weighted by Crippen LogP contribution is 2.23. The maximum Gasteiger partial charge on any atom is 0.283 e. The van der Waals surface area contributed by atoms with Gasteiger partial charge in [0.15, 0.2) is 0 Å². The first-order chi connectivity index (χ1) is 9.52. The SMILES string of the molecule is CCCCn1ncc(Nc2cn(C)nc2C)c(Br)c1=O. The summed E-state index contributed by atoms with van der Waals surface area (Å²) in [5, 5.41) is 11.6. The van der Waals surface area contributed by atoms with E-state index in [1.807, 2.05) is 20.2 Å². The molecule has 2 heterocycles. The van der Waals surface area contributed by atoms with Gasteiger partial charge in [-0.3, -0.25) is 9.48 Å². The topological polar surface area (TPSA) is 64.7 Å². The van der Waals surface area contributed by atoms with Gasteiger partial charge in [-0.2, -0.15) is 10.2 Å². The Labute approximate surface area is 125 Å². The molecule has 0 spiro atoms. The molecule has 108 valence electrons. The lowest BCUT2D eigenvalue weighted by Gasteiger charge is -2.09. The van der Waals surface area contributed by atoms with Crippen LogP contribution >= 0.6 is 15.9 Å². The fourth-order valence-electron chi connectivity index (χ4n) is 1.89. The average molecular weight is 340 g/mol. The van der Waals surface area contributed by atoms with Crippen molar-refractivity contribution in [2.75, 3.05) is 5.32 Å². The number of aryl methyl sites for hydroxylation is 3. The number of nitrogens with one attached hydrogen (secondary N) is 1. The van der Waals surface area contributed by atoms with E-state index in [9.17, 15) is 4.79 Å². The zero-order chi connectivity index (χ0) is 14.7. The molecule has 6 nitrogen and oxygen atoms in total. The van der Waals surface area contributed by atoms with Crippen LogP contribution in [0, 0.1) is 6.92 Å². The lowest BCUT2D eigenvalue weighted by atomic mass is 10.3. The minimum atomic E-state index is -0.120. The van der Waals surface area contributed by atoms with Crippen LogP contribution in [0.5, 0.6) is 0 Å². The summed E-state index contributed by atoms with van der Waals surface area (Å²) in [6.07, 6.45) is 5.49. The molecule has 1 N–H and O–H groups in total. The van der Waals surface area contributed by atoms with Crippen LogP contribution in [0.2, 0.25) is 0 Å². The average Bonchev–Trinajstić information content (AvgIpc) is 2.72. The summed E-state index contributed by atoms with van der Waals surface area (Å²) in [5.41, 5.74) is 2.26. The number of hydrogen-bond acceptors (Lipinski definition) is 4. The number of rotatable bonds is 5. The minimum Gasteiger partial charge on any atom is -0.350 e. The van der Waals surface area contributed by atoms with E-state index < -0.39 is 0 Å². The Morgan fingerprint density at radius 1 is 1.40 bits per heavy atom. The molecule has 0 radical (unpaired) electrons. The van der Waals surface area contributed by atoms with Gasteiger partial charge in [-0.15, -0.1) is 0 Å². The van der Waals surface area contributed by atoms with Crippen LogP contribution in [0.1, 0.15) is 25.5 Å². The Morgan fingerprint density at radius 3 is 2.75 bits per heavy atom. The zero-order valence-corrected chi connectivity index (χ0v) is 13.4. The molecule has 0 saturated carbocycles. The van der Waals surface area contributed by atoms with Crippen molar-refractivity contribution < 1.29 is 0 Å². The summed E-state index contributed by atoms with van der Waals surface area (Å²) >= 11 is 3.35. The Morgan fingerprint density at radius 2 is 2.15 bits per heavy atom. The number of halogens is 1. The van der Waals surface area contributed by atoms with Gasteiger partial charge in [0.1, 0.15) is 4.47 Å². The highest BCUT2D eigenvalue weighted by atomic mass is 79.9. The number of anilines is 2. The molecule has 0 unspecified atom stereocenters. The summed E-state index contributed by atoms with van der Waals surface area (Å²) in [7, 11) is 1.86. The third-order valence-corrected chi connectivity index (χ3v) is 3.76. The molecule has 0 amide bonds. The maximum absolute atomic E-state index is 12.2. The predicted molar refractivity (Wildman–Crippen MR) is 82.3 cm³/mol. The summed E-state index contributed by atoms with van der Waals surface area (Å²) in [5.74, 6) is 0. The molecule has 0 atom stereocenters. The summed E-state index contributed by atoms with van der Waals surface area (Å²) < 4.78 is 3.70. The van der Waals surface area contributed by atoms with Gasteiger partial charge >= 0.3 is 0 Å².